The van der Waals surface area contributed by atoms with Gasteiger partial charge in [0.25, 0.3) is 5.91 Å². The molecule has 1 aromatic rings. The third kappa shape index (κ3) is 6.85. The molecule has 1 fully saturated rings. The van der Waals surface area contributed by atoms with E-state index in [9.17, 15) is 9.59 Å². The number of carbonyl (C=O) groups is 2. The third-order valence-electron chi connectivity index (χ3n) is 5.09. The van der Waals surface area contributed by atoms with Crippen LogP contribution in [0.3, 0.4) is 0 Å². The van der Waals surface area contributed by atoms with Crippen molar-refractivity contribution in [3.05, 3.63) is 24.2 Å². The van der Waals surface area contributed by atoms with Gasteiger partial charge in [0.2, 0.25) is 0 Å². The molecule has 5 nitrogen and oxygen atoms in total. The topological polar surface area (TPSA) is 59.8 Å². The van der Waals surface area contributed by atoms with Crippen LogP contribution in [0.15, 0.2) is 22.8 Å². The highest BCUT2D eigenvalue weighted by molar-refractivity contribution is 5.91. The SMILES string of the molecule is CCCCCCCCCCOC(=O)C1CCN(C(=O)c2ccco2)CC1. The molecule has 1 aromatic heterocycles. The summed E-state index contributed by atoms with van der Waals surface area (Å²) >= 11 is 0. The number of hydrogen-bond donors (Lipinski definition) is 0. The van der Waals surface area contributed by atoms with Gasteiger partial charge in [-0.05, 0) is 31.4 Å². The van der Waals surface area contributed by atoms with E-state index >= 15 is 0 Å². The fraction of sp³-hybridized carbons (Fsp3) is 0.714. The molecule has 0 N–H and O–H groups in total. The predicted molar refractivity (Wildman–Crippen MR) is 101 cm³/mol. The third-order valence-corrected chi connectivity index (χ3v) is 5.09. The van der Waals surface area contributed by atoms with E-state index < -0.39 is 0 Å². The van der Waals surface area contributed by atoms with Crippen LogP contribution >= 0.6 is 0 Å². The van der Waals surface area contributed by atoms with E-state index in [2.05, 4.69) is 6.92 Å². The number of hydrogen-bond acceptors (Lipinski definition) is 4. The molecule has 0 unspecified atom stereocenters. The van der Waals surface area contributed by atoms with Crippen LogP contribution in [0.25, 0.3) is 0 Å². The van der Waals surface area contributed by atoms with Crippen molar-refractivity contribution in [3.63, 3.8) is 0 Å². The lowest BCUT2D eigenvalue weighted by Gasteiger charge is -2.30. The van der Waals surface area contributed by atoms with Crippen LogP contribution in [0.5, 0.6) is 0 Å². The van der Waals surface area contributed by atoms with Gasteiger partial charge in [-0.1, -0.05) is 51.9 Å². The number of carbonyl (C=O) groups excluding carboxylic acids is 2. The van der Waals surface area contributed by atoms with Gasteiger partial charge in [0.1, 0.15) is 0 Å². The van der Waals surface area contributed by atoms with Crippen molar-refractivity contribution >= 4 is 11.9 Å². The highest BCUT2D eigenvalue weighted by Crippen LogP contribution is 2.21. The lowest BCUT2D eigenvalue weighted by Crippen LogP contribution is -2.40. The van der Waals surface area contributed by atoms with Crippen LogP contribution in [-0.2, 0) is 9.53 Å². The summed E-state index contributed by atoms with van der Waals surface area (Å²) in [5.74, 6) is 0.0872. The molecule has 5 heteroatoms. The zero-order valence-electron chi connectivity index (χ0n) is 16.1. The van der Waals surface area contributed by atoms with Gasteiger partial charge in [0.05, 0.1) is 18.8 Å². The summed E-state index contributed by atoms with van der Waals surface area (Å²) < 4.78 is 10.6. The minimum absolute atomic E-state index is 0.0790. The van der Waals surface area contributed by atoms with Crippen molar-refractivity contribution in [2.24, 2.45) is 5.92 Å². The second-order valence-corrected chi connectivity index (χ2v) is 7.19. The molecule has 0 radical (unpaired) electrons. The maximum absolute atomic E-state index is 12.2. The van der Waals surface area contributed by atoms with E-state index in [1.807, 2.05) is 0 Å². The Hall–Kier alpha value is -1.78. The molecule has 0 aliphatic carbocycles. The van der Waals surface area contributed by atoms with Crippen molar-refractivity contribution in [3.8, 4) is 0 Å². The minimum Gasteiger partial charge on any atom is -0.465 e. The summed E-state index contributed by atoms with van der Waals surface area (Å²) in [5, 5.41) is 0. The highest BCUT2D eigenvalue weighted by atomic mass is 16.5. The summed E-state index contributed by atoms with van der Waals surface area (Å²) in [6.45, 7) is 3.92. The standard InChI is InChI=1S/C21H33NO4/c1-2-3-4-5-6-7-8-9-16-26-21(24)18-12-14-22(15-13-18)20(23)19-11-10-17-25-19/h10-11,17-18H,2-9,12-16H2,1H3. The maximum atomic E-state index is 12.2. The van der Waals surface area contributed by atoms with Gasteiger partial charge in [-0.3, -0.25) is 9.59 Å². The van der Waals surface area contributed by atoms with Crippen molar-refractivity contribution < 1.29 is 18.7 Å². The molecule has 1 aliphatic rings. The Kier molecular flexibility index (Phi) is 9.29. The summed E-state index contributed by atoms with van der Waals surface area (Å²) in [5.41, 5.74) is 0. The van der Waals surface area contributed by atoms with E-state index in [0.717, 1.165) is 12.8 Å². The number of nitrogens with zero attached hydrogens (tertiary/aromatic N) is 1. The van der Waals surface area contributed by atoms with E-state index in [1.165, 1.54) is 44.8 Å². The molecule has 0 spiro atoms. The Morgan fingerprint density at radius 3 is 2.35 bits per heavy atom. The average Bonchev–Trinajstić information content (AvgIpc) is 3.21. The van der Waals surface area contributed by atoms with Crippen molar-refractivity contribution in [2.45, 2.75) is 71.1 Å². The first-order valence-electron chi connectivity index (χ1n) is 10.2. The molecule has 0 atom stereocenters. The van der Waals surface area contributed by atoms with Gasteiger partial charge in [0.15, 0.2) is 5.76 Å². The largest absolute Gasteiger partial charge is 0.465 e. The van der Waals surface area contributed by atoms with Crippen molar-refractivity contribution in [2.75, 3.05) is 19.7 Å². The fourth-order valence-corrected chi connectivity index (χ4v) is 3.40. The Labute approximate surface area is 157 Å². The van der Waals surface area contributed by atoms with Crippen LogP contribution in [0.2, 0.25) is 0 Å². The Morgan fingerprint density at radius 1 is 1.08 bits per heavy atom. The number of furan rings is 1. The summed E-state index contributed by atoms with van der Waals surface area (Å²) in [7, 11) is 0. The van der Waals surface area contributed by atoms with Crippen LogP contribution in [0.1, 0.15) is 81.7 Å². The number of unbranched alkanes of at least 4 members (excludes halogenated alkanes) is 7. The number of likely N-dealkylation sites (tertiary alicyclic amines) is 1. The molecule has 0 saturated carbocycles. The van der Waals surface area contributed by atoms with Crippen LogP contribution < -0.4 is 0 Å². The quantitative estimate of drug-likeness (QED) is 0.418. The summed E-state index contributed by atoms with van der Waals surface area (Å²) in [4.78, 5) is 26.1. The maximum Gasteiger partial charge on any atom is 0.309 e. The average molecular weight is 363 g/mol. The van der Waals surface area contributed by atoms with E-state index in [0.29, 0.717) is 38.3 Å². The van der Waals surface area contributed by atoms with Crippen LogP contribution in [0.4, 0.5) is 0 Å². The summed E-state index contributed by atoms with van der Waals surface area (Å²) in [6.07, 6.45) is 12.7. The Bertz CT molecular complexity index is 518. The lowest BCUT2D eigenvalue weighted by molar-refractivity contribution is -0.150. The number of esters is 1. The van der Waals surface area contributed by atoms with E-state index in [-0.39, 0.29) is 17.8 Å². The van der Waals surface area contributed by atoms with E-state index in [1.54, 1.807) is 17.0 Å². The minimum atomic E-state index is -0.0990. The number of rotatable bonds is 11. The zero-order chi connectivity index (χ0) is 18.6. The fourth-order valence-electron chi connectivity index (χ4n) is 3.40. The van der Waals surface area contributed by atoms with E-state index in [4.69, 9.17) is 9.15 Å². The molecule has 0 bridgehead atoms. The Morgan fingerprint density at radius 2 is 1.73 bits per heavy atom. The van der Waals surface area contributed by atoms with Gasteiger partial charge in [-0.25, -0.2) is 0 Å². The molecule has 1 saturated heterocycles. The smallest absolute Gasteiger partial charge is 0.309 e. The first-order valence-corrected chi connectivity index (χ1v) is 10.2. The Balaban J connectivity index is 1.52. The molecule has 1 aliphatic heterocycles. The molecule has 146 valence electrons. The zero-order valence-corrected chi connectivity index (χ0v) is 16.1. The first kappa shape index (κ1) is 20.5. The number of amides is 1. The monoisotopic (exact) mass is 363 g/mol. The van der Waals surface area contributed by atoms with Crippen LogP contribution in [-0.4, -0.2) is 36.5 Å². The normalized spacial score (nSPS) is 15.2. The molecule has 2 rings (SSSR count). The van der Waals surface area contributed by atoms with Crippen molar-refractivity contribution in [1.29, 1.82) is 0 Å². The van der Waals surface area contributed by atoms with Gasteiger partial charge in [-0.2, -0.15) is 0 Å². The molecule has 26 heavy (non-hydrogen) atoms. The molecular formula is C21H33NO4. The van der Waals surface area contributed by atoms with Gasteiger partial charge in [0, 0.05) is 13.1 Å². The van der Waals surface area contributed by atoms with Crippen molar-refractivity contribution in [1.82, 2.24) is 4.90 Å². The molecule has 2 heterocycles. The number of piperidine rings is 1. The van der Waals surface area contributed by atoms with Gasteiger partial charge in [-0.15, -0.1) is 0 Å². The molecular weight excluding hydrogens is 330 g/mol. The second kappa shape index (κ2) is 11.8. The van der Waals surface area contributed by atoms with Gasteiger partial charge >= 0.3 is 5.97 Å². The van der Waals surface area contributed by atoms with Crippen LogP contribution in [0, 0.1) is 5.92 Å². The summed E-state index contributed by atoms with van der Waals surface area (Å²) in [6, 6.07) is 3.38. The highest BCUT2D eigenvalue weighted by Gasteiger charge is 2.29. The molecule has 0 aromatic carbocycles. The predicted octanol–water partition coefficient (Wildman–Crippen LogP) is 4.82. The number of ether oxygens (including phenoxy) is 1. The lowest BCUT2D eigenvalue weighted by atomic mass is 9.97. The second-order valence-electron chi connectivity index (χ2n) is 7.19. The first-order chi connectivity index (χ1) is 12.7. The van der Waals surface area contributed by atoms with Gasteiger partial charge < -0.3 is 14.1 Å². The molecule has 1 amide bonds.